The number of aryl methyl sites for hydroxylation is 3. The van der Waals surface area contributed by atoms with Crippen LogP contribution in [-0.2, 0) is 6.54 Å². The molecule has 0 fully saturated rings. The Hall–Kier alpha value is -1.33. The van der Waals surface area contributed by atoms with Crippen molar-refractivity contribution in [2.24, 2.45) is 0 Å². The Kier molecular flexibility index (Phi) is 3.56. The summed E-state index contributed by atoms with van der Waals surface area (Å²) in [6, 6.07) is 6.32. The second kappa shape index (κ2) is 5.22. The summed E-state index contributed by atoms with van der Waals surface area (Å²) in [6.07, 6.45) is 0. The number of rotatable bonds is 3. The number of halogens is 1. The van der Waals surface area contributed by atoms with Crippen LogP contribution in [-0.4, -0.2) is 9.38 Å². The molecule has 2 heterocycles. The van der Waals surface area contributed by atoms with Gasteiger partial charge in [0.1, 0.15) is 0 Å². The average molecular weight is 350 g/mol. The molecule has 20 heavy (non-hydrogen) atoms. The van der Waals surface area contributed by atoms with E-state index in [1.807, 2.05) is 0 Å². The van der Waals surface area contributed by atoms with E-state index in [2.05, 4.69) is 75.0 Å². The van der Waals surface area contributed by atoms with E-state index in [9.17, 15) is 0 Å². The van der Waals surface area contributed by atoms with Gasteiger partial charge in [-0.05, 0) is 54.4 Å². The van der Waals surface area contributed by atoms with Gasteiger partial charge in [-0.2, -0.15) is 0 Å². The summed E-state index contributed by atoms with van der Waals surface area (Å²) in [5.74, 6) is 0. The van der Waals surface area contributed by atoms with E-state index in [1.54, 1.807) is 11.3 Å². The summed E-state index contributed by atoms with van der Waals surface area (Å²) in [6.45, 7) is 7.06. The highest BCUT2D eigenvalue weighted by Gasteiger charge is 2.12. The van der Waals surface area contributed by atoms with Crippen molar-refractivity contribution in [2.45, 2.75) is 27.3 Å². The summed E-state index contributed by atoms with van der Waals surface area (Å²) in [7, 11) is 0. The van der Waals surface area contributed by atoms with Crippen LogP contribution in [0.3, 0.4) is 0 Å². The first-order chi connectivity index (χ1) is 9.56. The zero-order valence-electron chi connectivity index (χ0n) is 11.7. The molecule has 0 aliphatic carbocycles. The number of hydrogen-bond acceptors (Lipinski definition) is 3. The van der Waals surface area contributed by atoms with Crippen molar-refractivity contribution in [1.82, 2.24) is 9.38 Å². The molecule has 5 heteroatoms. The quantitative estimate of drug-likeness (QED) is 0.742. The standard InChI is InChI=1S/C15H16BrN3S/c1-9-4-5-12(16)13(6-9)17-7-14-11(3)18-15-19(14)10(2)8-20-15/h4-6,8,17H,7H2,1-3H3. The fourth-order valence-electron chi connectivity index (χ4n) is 2.33. The van der Waals surface area contributed by atoms with Gasteiger partial charge < -0.3 is 5.32 Å². The molecule has 0 bridgehead atoms. The number of imidazole rings is 1. The van der Waals surface area contributed by atoms with E-state index >= 15 is 0 Å². The summed E-state index contributed by atoms with van der Waals surface area (Å²) in [5, 5.41) is 5.65. The van der Waals surface area contributed by atoms with Crippen molar-refractivity contribution < 1.29 is 0 Å². The lowest BCUT2D eigenvalue weighted by Gasteiger charge is -2.10. The van der Waals surface area contributed by atoms with E-state index in [-0.39, 0.29) is 0 Å². The van der Waals surface area contributed by atoms with Gasteiger partial charge in [-0.1, -0.05) is 6.07 Å². The molecule has 1 aromatic carbocycles. The second-order valence-corrected chi connectivity index (χ2v) is 6.67. The highest BCUT2D eigenvalue weighted by atomic mass is 79.9. The molecule has 0 aliphatic heterocycles. The summed E-state index contributed by atoms with van der Waals surface area (Å²) in [5.41, 5.74) is 5.93. The third kappa shape index (κ3) is 2.36. The maximum absolute atomic E-state index is 4.62. The Bertz CT molecular complexity index is 773. The molecule has 3 rings (SSSR count). The minimum Gasteiger partial charge on any atom is -0.378 e. The lowest BCUT2D eigenvalue weighted by molar-refractivity contribution is 0.965. The van der Waals surface area contributed by atoms with Gasteiger partial charge in [0.05, 0.1) is 17.9 Å². The minimum atomic E-state index is 0.770. The number of aromatic nitrogens is 2. The molecule has 0 saturated heterocycles. The molecule has 0 saturated carbocycles. The maximum Gasteiger partial charge on any atom is 0.194 e. The highest BCUT2D eigenvalue weighted by molar-refractivity contribution is 9.10. The van der Waals surface area contributed by atoms with Gasteiger partial charge in [0.2, 0.25) is 0 Å². The van der Waals surface area contributed by atoms with Crippen LogP contribution >= 0.6 is 27.3 Å². The number of anilines is 1. The van der Waals surface area contributed by atoms with E-state index in [1.165, 1.54) is 17.0 Å². The van der Waals surface area contributed by atoms with E-state index in [0.29, 0.717) is 0 Å². The van der Waals surface area contributed by atoms with Crippen molar-refractivity contribution in [3.8, 4) is 0 Å². The molecule has 104 valence electrons. The summed E-state index contributed by atoms with van der Waals surface area (Å²) in [4.78, 5) is 5.69. The molecule has 3 nitrogen and oxygen atoms in total. The molecule has 0 amide bonds. The topological polar surface area (TPSA) is 29.3 Å². The van der Waals surface area contributed by atoms with Crippen LogP contribution in [0.2, 0.25) is 0 Å². The smallest absolute Gasteiger partial charge is 0.194 e. The van der Waals surface area contributed by atoms with Crippen LogP contribution in [0.15, 0.2) is 28.1 Å². The zero-order valence-corrected chi connectivity index (χ0v) is 14.1. The third-order valence-corrected chi connectivity index (χ3v) is 5.03. The van der Waals surface area contributed by atoms with E-state index in [0.717, 1.165) is 27.4 Å². The first-order valence-electron chi connectivity index (χ1n) is 6.48. The molecule has 0 aliphatic rings. The van der Waals surface area contributed by atoms with Crippen LogP contribution in [0, 0.1) is 20.8 Å². The molecule has 2 aromatic heterocycles. The van der Waals surface area contributed by atoms with Crippen molar-refractivity contribution in [2.75, 3.05) is 5.32 Å². The summed E-state index contributed by atoms with van der Waals surface area (Å²) >= 11 is 5.28. The number of nitrogens with zero attached hydrogens (tertiary/aromatic N) is 2. The fraction of sp³-hybridized carbons (Fsp3) is 0.267. The normalized spacial score (nSPS) is 11.2. The van der Waals surface area contributed by atoms with Crippen LogP contribution in [0.25, 0.3) is 4.96 Å². The van der Waals surface area contributed by atoms with Crippen LogP contribution in [0.1, 0.15) is 22.6 Å². The first kappa shape index (κ1) is 13.6. The van der Waals surface area contributed by atoms with Gasteiger partial charge in [-0.25, -0.2) is 4.98 Å². The Morgan fingerprint density at radius 3 is 2.90 bits per heavy atom. The monoisotopic (exact) mass is 349 g/mol. The minimum absolute atomic E-state index is 0.770. The van der Waals surface area contributed by atoms with Gasteiger partial charge in [0.15, 0.2) is 4.96 Å². The average Bonchev–Trinajstić information content (AvgIpc) is 2.91. The fourth-order valence-corrected chi connectivity index (χ4v) is 3.65. The predicted octanol–water partition coefficient (Wildman–Crippen LogP) is 4.70. The van der Waals surface area contributed by atoms with Crippen molar-refractivity contribution in [3.63, 3.8) is 0 Å². The lowest BCUT2D eigenvalue weighted by atomic mass is 10.2. The number of hydrogen-bond donors (Lipinski definition) is 1. The largest absolute Gasteiger partial charge is 0.378 e. The van der Waals surface area contributed by atoms with Crippen LogP contribution in [0.5, 0.6) is 0 Å². The highest BCUT2D eigenvalue weighted by Crippen LogP contribution is 2.25. The SMILES string of the molecule is Cc1ccc(Br)c(NCc2c(C)nc3scc(C)n23)c1. The lowest BCUT2D eigenvalue weighted by Crippen LogP contribution is -2.05. The number of benzene rings is 1. The second-order valence-electron chi connectivity index (χ2n) is 4.98. The van der Waals surface area contributed by atoms with E-state index in [4.69, 9.17) is 0 Å². The maximum atomic E-state index is 4.62. The Morgan fingerprint density at radius 2 is 2.10 bits per heavy atom. The Morgan fingerprint density at radius 1 is 1.30 bits per heavy atom. The molecule has 3 aromatic rings. The molecular formula is C15H16BrN3S. The number of fused-ring (bicyclic) bond motifs is 1. The van der Waals surface area contributed by atoms with Crippen LogP contribution in [0.4, 0.5) is 5.69 Å². The first-order valence-corrected chi connectivity index (χ1v) is 8.15. The van der Waals surface area contributed by atoms with Crippen molar-refractivity contribution >= 4 is 37.9 Å². The zero-order chi connectivity index (χ0) is 14.3. The summed E-state index contributed by atoms with van der Waals surface area (Å²) < 4.78 is 3.32. The van der Waals surface area contributed by atoms with Crippen LogP contribution < -0.4 is 5.32 Å². The third-order valence-electron chi connectivity index (χ3n) is 3.40. The number of nitrogens with one attached hydrogen (secondary N) is 1. The van der Waals surface area contributed by atoms with Gasteiger partial charge >= 0.3 is 0 Å². The molecule has 1 N–H and O–H groups in total. The van der Waals surface area contributed by atoms with Gasteiger partial charge in [0, 0.05) is 21.2 Å². The molecule has 0 atom stereocenters. The Labute approximate surface area is 130 Å². The molecule has 0 spiro atoms. The van der Waals surface area contributed by atoms with Gasteiger partial charge in [-0.15, -0.1) is 11.3 Å². The van der Waals surface area contributed by atoms with Crippen molar-refractivity contribution in [3.05, 3.63) is 50.7 Å². The predicted molar refractivity (Wildman–Crippen MR) is 88.7 cm³/mol. The molecular weight excluding hydrogens is 334 g/mol. The van der Waals surface area contributed by atoms with Gasteiger partial charge in [-0.3, -0.25) is 4.40 Å². The van der Waals surface area contributed by atoms with E-state index < -0.39 is 0 Å². The molecule has 0 unspecified atom stereocenters. The Balaban J connectivity index is 1.92. The van der Waals surface area contributed by atoms with Crippen molar-refractivity contribution in [1.29, 1.82) is 0 Å². The number of thiazole rings is 1. The molecule has 0 radical (unpaired) electrons. The van der Waals surface area contributed by atoms with Gasteiger partial charge in [0.25, 0.3) is 0 Å².